The van der Waals surface area contributed by atoms with E-state index >= 15 is 0 Å². The summed E-state index contributed by atoms with van der Waals surface area (Å²) in [5.41, 5.74) is 3.44. The average molecular weight is 404 g/mol. The Morgan fingerprint density at radius 2 is 1.67 bits per heavy atom. The van der Waals surface area contributed by atoms with Gasteiger partial charge in [-0.1, -0.05) is 81.5 Å². The number of aryl methyl sites for hydroxylation is 1. The number of fused-ring (bicyclic) bond motifs is 1. The van der Waals surface area contributed by atoms with E-state index in [2.05, 4.69) is 47.9 Å². The van der Waals surface area contributed by atoms with Crippen molar-refractivity contribution in [3.05, 3.63) is 66.0 Å². The highest BCUT2D eigenvalue weighted by Gasteiger charge is 2.33. The summed E-state index contributed by atoms with van der Waals surface area (Å²) in [5.74, 6) is 1.50. The van der Waals surface area contributed by atoms with Gasteiger partial charge in [0, 0.05) is 32.0 Å². The van der Waals surface area contributed by atoms with Gasteiger partial charge in [0.15, 0.2) is 0 Å². The lowest BCUT2D eigenvalue weighted by molar-refractivity contribution is -0.128. The van der Waals surface area contributed by atoms with Crippen LogP contribution >= 0.6 is 0 Å². The number of unbranched alkanes of at least 4 members (excludes halogenated alkanes) is 5. The van der Waals surface area contributed by atoms with Crippen LogP contribution in [-0.4, -0.2) is 26.9 Å². The number of hydrogen-bond acceptors (Lipinski definition) is 2. The molecule has 0 N–H and O–H groups in total. The SMILES string of the molecule is CCCCCCCCn1c(C2CC(=O)N(Cc3ccccc3)C2)nc2ccccc21. The number of rotatable bonds is 10. The molecule has 2 heterocycles. The lowest BCUT2D eigenvalue weighted by Gasteiger charge is -2.17. The first-order valence-corrected chi connectivity index (χ1v) is 11.5. The Kier molecular flexibility index (Phi) is 6.83. The third-order valence-electron chi connectivity index (χ3n) is 6.22. The van der Waals surface area contributed by atoms with E-state index in [9.17, 15) is 4.79 Å². The van der Waals surface area contributed by atoms with Crippen molar-refractivity contribution in [2.75, 3.05) is 6.54 Å². The molecule has 1 aromatic heterocycles. The number of amides is 1. The lowest BCUT2D eigenvalue weighted by atomic mass is 10.1. The Labute approximate surface area is 179 Å². The molecular weight excluding hydrogens is 370 g/mol. The minimum Gasteiger partial charge on any atom is -0.338 e. The maximum absolute atomic E-state index is 12.7. The van der Waals surface area contributed by atoms with Gasteiger partial charge >= 0.3 is 0 Å². The molecule has 2 aromatic carbocycles. The van der Waals surface area contributed by atoms with E-state index in [-0.39, 0.29) is 11.8 Å². The molecule has 4 heteroatoms. The maximum atomic E-state index is 12.7. The number of aromatic nitrogens is 2. The summed E-state index contributed by atoms with van der Waals surface area (Å²) in [6.07, 6.45) is 8.25. The Morgan fingerprint density at radius 1 is 0.933 bits per heavy atom. The summed E-state index contributed by atoms with van der Waals surface area (Å²) < 4.78 is 2.39. The predicted octanol–water partition coefficient (Wildman–Crippen LogP) is 5.91. The molecule has 4 nitrogen and oxygen atoms in total. The number of carbonyl (C=O) groups excluding carboxylic acids is 1. The Hall–Kier alpha value is -2.62. The average Bonchev–Trinajstić information content (AvgIpc) is 3.32. The van der Waals surface area contributed by atoms with E-state index in [0.717, 1.165) is 24.4 Å². The predicted molar refractivity (Wildman–Crippen MR) is 122 cm³/mol. The first kappa shape index (κ1) is 20.6. The van der Waals surface area contributed by atoms with Gasteiger partial charge < -0.3 is 9.47 Å². The second-order valence-corrected chi connectivity index (χ2v) is 8.54. The summed E-state index contributed by atoms with van der Waals surface area (Å²) in [5, 5.41) is 0. The minimum absolute atomic E-state index is 0.175. The van der Waals surface area contributed by atoms with Crippen molar-refractivity contribution >= 4 is 16.9 Å². The molecule has 1 fully saturated rings. The van der Waals surface area contributed by atoms with E-state index in [1.54, 1.807) is 0 Å². The molecule has 1 atom stereocenters. The topological polar surface area (TPSA) is 38.1 Å². The molecule has 158 valence electrons. The number of benzene rings is 2. The third-order valence-corrected chi connectivity index (χ3v) is 6.22. The molecule has 0 radical (unpaired) electrons. The quantitative estimate of drug-likeness (QED) is 0.395. The monoisotopic (exact) mass is 403 g/mol. The van der Waals surface area contributed by atoms with Crippen LogP contribution in [-0.2, 0) is 17.9 Å². The van der Waals surface area contributed by atoms with E-state index in [1.165, 1.54) is 49.6 Å². The molecule has 4 rings (SSSR count). The van der Waals surface area contributed by atoms with Crippen LogP contribution in [0.25, 0.3) is 11.0 Å². The molecule has 1 unspecified atom stereocenters. The van der Waals surface area contributed by atoms with Gasteiger partial charge in [0.2, 0.25) is 5.91 Å². The zero-order valence-corrected chi connectivity index (χ0v) is 18.1. The van der Waals surface area contributed by atoms with Gasteiger partial charge in [0.05, 0.1) is 11.0 Å². The van der Waals surface area contributed by atoms with Crippen molar-refractivity contribution in [2.24, 2.45) is 0 Å². The van der Waals surface area contributed by atoms with Gasteiger partial charge in [-0.25, -0.2) is 4.98 Å². The Bertz CT molecular complexity index is 963. The van der Waals surface area contributed by atoms with Crippen LogP contribution in [0.5, 0.6) is 0 Å². The van der Waals surface area contributed by atoms with Gasteiger partial charge in [-0.05, 0) is 24.1 Å². The molecule has 3 aromatic rings. The van der Waals surface area contributed by atoms with E-state index < -0.39 is 0 Å². The Balaban J connectivity index is 1.48. The summed E-state index contributed by atoms with van der Waals surface area (Å²) in [6, 6.07) is 18.7. The van der Waals surface area contributed by atoms with Crippen molar-refractivity contribution in [3.8, 4) is 0 Å². The molecule has 0 saturated carbocycles. The van der Waals surface area contributed by atoms with Gasteiger partial charge in [-0.2, -0.15) is 0 Å². The summed E-state index contributed by atoms with van der Waals surface area (Å²) >= 11 is 0. The van der Waals surface area contributed by atoms with Crippen LogP contribution in [0.2, 0.25) is 0 Å². The first-order valence-electron chi connectivity index (χ1n) is 11.5. The molecule has 0 spiro atoms. The summed E-state index contributed by atoms with van der Waals surface area (Å²) in [4.78, 5) is 19.7. The molecule has 1 saturated heterocycles. The molecule has 30 heavy (non-hydrogen) atoms. The maximum Gasteiger partial charge on any atom is 0.223 e. The van der Waals surface area contributed by atoms with Gasteiger partial charge in [-0.3, -0.25) is 4.79 Å². The van der Waals surface area contributed by atoms with E-state index in [0.29, 0.717) is 13.0 Å². The largest absolute Gasteiger partial charge is 0.338 e. The van der Waals surface area contributed by atoms with Crippen LogP contribution in [0.1, 0.15) is 69.2 Å². The fourth-order valence-electron chi connectivity index (χ4n) is 4.59. The van der Waals surface area contributed by atoms with Gasteiger partial charge in [-0.15, -0.1) is 0 Å². The normalized spacial score (nSPS) is 16.6. The first-order chi connectivity index (χ1) is 14.8. The van der Waals surface area contributed by atoms with Crippen molar-refractivity contribution in [1.82, 2.24) is 14.5 Å². The van der Waals surface area contributed by atoms with Crippen LogP contribution < -0.4 is 0 Å². The Morgan fingerprint density at radius 3 is 2.50 bits per heavy atom. The van der Waals surface area contributed by atoms with Crippen LogP contribution in [0.15, 0.2) is 54.6 Å². The highest BCUT2D eigenvalue weighted by molar-refractivity contribution is 5.81. The highest BCUT2D eigenvalue weighted by atomic mass is 16.2. The summed E-state index contributed by atoms with van der Waals surface area (Å²) in [7, 11) is 0. The molecule has 1 amide bonds. The van der Waals surface area contributed by atoms with Crippen molar-refractivity contribution in [2.45, 2.75) is 70.9 Å². The number of carbonyl (C=O) groups is 1. The van der Waals surface area contributed by atoms with Crippen LogP contribution in [0.4, 0.5) is 0 Å². The smallest absolute Gasteiger partial charge is 0.223 e. The van der Waals surface area contributed by atoms with Gasteiger partial charge in [0.1, 0.15) is 5.82 Å². The zero-order valence-electron chi connectivity index (χ0n) is 18.1. The minimum atomic E-state index is 0.175. The number of nitrogens with zero attached hydrogens (tertiary/aromatic N) is 3. The number of para-hydroxylation sites is 2. The second kappa shape index (κ2) is 9.92. The van der Waals surface area contributed by atoms with E-state index in [1.807, 2.05) is 23.1 Å². The van der Waals surface area contributed by atoms with Crippen molar-refractivity contribution in [3.63, 3.8) is 0 Å². The van der Waals surface area contributed by atoms with Crippen LogP contribution in [0, 0.1) is 0 Å². The number of hydrogen-bond donors (Lipinski definition) is 0. The zero-order chi connectivity index (χ0) is 20.8. The molecule has 1 aliphatic rings. The fourth-order valence-corrected chi connectivity index (χ4v) is 4.59. The molecule has 0 aliphatic carbocycles. The van der Waals surface area contributed by atoms with Gasteiger partial charge in [0.25, 0.3) is 0 Å². The third kappa shape index (κ3) is 4.75. The standard InChI is InChI=1S/C26H33N3O/c1-2-3-4-5-6-12-17-29-24-16-11-10-15-23(24)27-26(29)22-18-25(30)28(20-22)19-21-13-8-7-9-14-21/h7-11,13-16,22H,2-6,12,17-20H2,1H3. The molecular formula is C26H33N3O. The van der Waals surface area contributed by atoms with Crippen LogP contribution in [0.3, 0.4) is 0 Å². The highest BCUT2D eigenvalue weighted by Crippen LogP contribution is 2.31. The van der Waals surface area contributed by atoms with E-state index in [4.69, 9.17) is 4.98 Å². The summed E-state index contributed by atoms with van der Waals surface area (Å²) in [6.45, 7) is 4.70. The number of likely N-dealkylation sites (tertiary alicyclic amines) is 1. The fraction of sp³-hybridized carbons (Fsp3) is 0.462. The number of imidazole rings is 1. The molecule has 0 bridgehead atoms. The van der Waals surface area contributed by atoms with Crippen molar-refractivity contribution in [1.29, 1.82) is 0 Å². The lowest BCUT2D eigenvalue weighted by Crippen LogP contribution is -2.24. The molecule has 1 aliphatic heterocycles. The van der Waals surface area contributed by atoms with Crippen molar-refractivity contribution < 1.29 is 4.79 Å². The second-order valence-electron chi connectivity index (χ2n) is 8.54.